The van der Waals surface area contributed by atoms with Crippen LogP contribution < -0.4 is 10.2 Å². The Morgan fingerprint density at radius 1 is 0.905 bits per heavy atom. The zero-order valence-electron chi connectivity index (χ0n) is 24.9. The first-order valence-corrected chi connectivity index (χ1v) is 16.0. The first kappa shape index (κ1) is 29.2. The standard InChI is InChI=1S/C35H44ClN5O/c1-38(26-32-23-28-8-2-3-9-29(28)24-37-32)34(22-27-12-14-31(36)15-13-27)35(42)41-20-18-40(19-21-41)33-11-5-4-10-30(33)25-39-16-6-7-17-39/h2-5,8-15,32,34,37H,6-7,16-26H2,1H3/t32-,34-/m1/s1. The van der Waals surface area contributed by atoms with E-state index < -0.39 is 0 Å². The van der Waals surface area contributed by atoms with E-state index in [1.165, 1.54) is 48.3 Å². The Balaban J connectivity index is 1.13. The van der Waals surface area contributed by atoms with E-state index in [9.17, 15) is 4.79 Å². The average Bonchev–Trinajstić information content (AvgIpc) is 3.54. The van der Waals surface area contributed by atoms with Crippen molar-refractivity contribution in [3.05, 3.63) is 100 Å². The Morgan fingerprint density at radius 3 is 2.36 bits per heavy atom. The van der Waals surface area contributed by atoms with Crippen molar-refractivity contribution in [3.8, 4) is 0 Å². The largest absolute Gasteiger partial charge is 0.368 e. The first-order valence-electron chi connectivity index (χ1n) is 15.6. The van der Waals surface area contributed by atoms with Crippen molar-refractivity contribution in [2.45, 2.75) is 50.9 Å². The van der Waals surface area contributed by atoms with Gasteiger partial charge in [0.25, 0.3) is 0 Å². The summed E-state index contributed by atoms with van der Waals surface area (Å²) in [5, 5.41) is 4.43. The van der Waals surface area contributed by atoms with Crippen molar-refractivity contribution >= 4 is 23.2 Å². The molecule has 3 aromatic carbocycles. The summed E-state index contributed by atoms with van der Waals surface area (Å²) in [5.41, 5.74) is 6.67. The molecule has 2 atom stereocenters. The number of benzene rings is 3. The molecule has 1 amide bonds. The number of likely N-dealkylation sites (N-methyl/N-ethyl adjacent to an activating group) is 1. The van der Waals surface area contributed by atoms with Gasteiger partial charge >= 0.3 is 0 Å². The van der Waals surface area contributed by atoms with Gasteiger partial charge in [-0.2, -0.15) is 0 Å². The number of nitrogens with zero attached hydrogens (tertiary/aromatic N) is 4. The monoisotopic (exact) mass is 585 g/mol. The highest BCUT2D eigenvalue weighted by Crippen LogP contribution is 2.26. The molecule has 0 aliphatic carbocycles. The molecular formula is C35H44ClN5O. The second-order valence-electron chi connectivity index (χ2n) is 12.3. The lowest BCUT2D eigenvalue weighted by Gasteiger charge is -2.40. The number of carbonyl (C=O) groups is 1. The van der Waals surface area contributed by atoms with Crippen LogP contribution in [-0.4, -0.2) is 85.6 Å². The molecule has 3 aliphatic heterocycles. The van der Waals surface area contributed by atoms with Crippen LogP contribution in [0.3, 0.4) is 0 Å². The summed E-state index contributed by atoms with van der Waals surface area (Å²) >= 11 is 6.19. The van der Waals surface area contributed by atoms with Crippen LogP contribution in [0.4, 0.5) is 5.69 Å². The molecule has 0 unspecified atom stereocenters. The summed E-state index contributed by atoms with van der Waals surface area (Å²) in [4.78, 5) is 23.6. The van der Waals surface area contributed by atoms with Gasteiger partial charge in [0, 0.05) is 62.6 Å². The molecule has 42 heavy (non-hydrogen) atoms. The normalized spacial score (nSPS) is 20.1. The van der Waals surface area contributed by atoms with Crippen molar-refractivity contribution in [2.75, 3.05) is 57.8 Å². The number of hydrogen-bond acceptors (Lipinski definition) is 5. The summed E-state index contributed by atoms with van der Waals surface area (Å²) in [7, 11) is 2.12. The van der Waals surface area contributed by atoms with E-state index in [1.54, 1.807) is 0 Å². The lowest BCUT2D eigenvalue weighted by Crippen LogP contribution is -2.57. The summed E-state index contributed by atoms with van der Waals surface area (Å²) in [5.74, 6) is 0.230. The fourth-order valence-corrected chi connectivity index (χ4v) is 7.04. The van der Waals surface area contributed by atoms with Crippen molar-refractivity contribution in [1.82, 2.24) is 20.0 Å². The maximum absolute atomic E-state index is 14.2. The molecule has 2 saturated heterocycles. The number of carbonyl (C=O) groups excluding carboxylic acids is 1. The Hall–Kier alpha value is -2.90. The zero-order valence-corrected chi connectivity index (χ0v) is 25.6. The van der Waals surface area contributed by atoms with Gasteiger partial charge in [-0.05, 0) is 86.3 Å². The molecule has 222 valence electrons. The van der Waals surface area contributed by atoms with Gasteiger partial charge in [-0.1, -0.05) is 66.2 Å². The minimum Gasteiger partial charge on any atom is -0.368 e. The fraction of sp³-hybridized carbons (Fsp3) is 0.457. The van der Waals surface area contributed by atoms with Crippen molar-refractivity contribution < 1.29 is 4.79 Å². The Labute approximate surface area is 256 Å². The molecule has 2 fully saturated rings. The number of amides is 1. The van der Waals surface area contributed by atoms with Crippen LogP contribution in [0.1, 0.15) is 35.1 Å². The molecule has 0 bridgehead atoms. The van der Waals surface area contributed by atoms with E-state index in [0.717, 1.165) is 62.8 Å². The average molecular weight is 586 g/mol. The SMILES string of the molecule is CN(C[C@H]1Cc2ccccc2CN1)[C@H](Cc1ccc(Cl)cc1)C(=O)N1CCN(c2ccccc2CN2CCCC2)CC1. The molecule has 3 heterocycles. The van der Waals surface area contributed by atoms with Gasteiger partial charge in [0.15, 0.2) is 0 Å². The highest BCUT2D eigenvalue weighted by atomic mass is 35.5. The summed E-state index contributed by atoms with van der Waals surface area (Å²) in [6, 6.07) is 25.6. The Bertz CT molecular complexity index is 1330. The Morgan fingerprint density at radius 2 is 1.60 bits per heavy atom. The van der Waals surface area contributed by atoms with E-state index in [0.29, 0.717) is 12.5 Å². The molecule has 0 saturated carbocycles. The molecular weight excluding hydrogens is 542 g/mol. The minimum absolute atomic E-state index is 0.223. The predicted molar refractivity (Wildman–Crippen MR) is 172 cm³/mol. The molecule has 6 rings (SSSR count). The van der Waals surface area contributed by atoms with E-state index in [-0.39, 0.29) is 11.9 Å². The van der Waals surface area contributed by atoms with E-state index in [2.05, 4.69) is 92.6 Å². The van der Waals surface area contributed by atoms with Crippen LogP contribution >= 0.6 is 11.6 Å². The minimum atomic E-state index is -0.223. The summed E-state index contributed by atoms with van der Waals surface area (Å²) in [6.45, 7) is 8.33. The number of piperazine rings is 1. The van der Waals surface area contributed by atoms with Crippen LogP contribution in [0.15, 0.2) is 72.8 Å². The van der Waals surface area contributed by atoms with Gasteiger partial charge in [-0.25, -0.2) is 0 Å². The van der Waals surface area contributed by atoms with Crippen molar-refractivity contribution in [3.63, 3.8) is 0 Å². The highest BCUT2D eigenvalue weighted by molar-refractivity contribution is 6.30. The number of anilines is 1. The number of likely N-dealkylation sites (tertiary alicyclic amines) is 1. The quantitative estimate of drug-likeness (QED) is 0.389. The first-order chi connectivity index (χ1) is 20.5. The van der Waals surface area contributed by atoms with E-state index in [4.69, 9.17) is 11.6 Å². The highest BCUT2D eigenvalue weighted by Gasteiger charge is 2.32. The van der Waals surface area contributed by atoms with Gasteiger partial charge < -0.3 is 15.1 Å². The maximum atomic E-state index is 14.2. The predicted octanol–water partition coefficient (Wildman–Crippen LogP) is 4.84. The Kier molecular flexibility index (Phi) is 9.45. The molecule has 7 heteroatoms. The third kappa shape index (κ3) is 7.00. The zero-order chi connectivity index (χ0) is 28.9. The third-order valence-electron chi connectivity index (χ3n) is 9.35. The molecule has 6 nitrogen and oxygen atoms in total. The lowest BCUT2D eigenvalue weighted by atomic mass is 9.95. The van der Waals surface area contributed by atoms with Gasteiger partial charge in [-0.15, -0.1) is 0 Å². The van der Waals surface area contributed by atoms with Gasteiger partial charge in [0.1, 0.15) is 0 Å². The van der Waals surface area contributed by atoms with E-state index in [1.807, 2.05) is 12.1 Å². The number of hydrogen-bond donors (Lipinski definition) is 1. The number of nitrogens with one attached hydrogen (secondary N) is 1. The summed E-state index contributed by atoms with van der Waals surface area (Å²) in [6.07, 6.45) is 4.27. The van der Waals surface area contributed by atoms with Crippen molar-refractivity contribution in [2.24, 2.45) is 0 Å². The lowest BCUT2D eigenvalue weighted by molar-refractivity contribution is -0.137. The number of fused-ring (bicyclic) bond motifs is 1. The number of halogens is 1. The fourth-order valence-electron chi connectivity index (χ4n) is 6.91. The number of rotatable bonds is 9. The van der Waals surface area contributed by atoms with Crippen LogP contribution in [-0.2, 0) is 30.7 Å². The van der Waals surface area contributed by atoms with E-state index >= 15 is 0 Å². The number of para-hydroxylation sites is 1. The van der Waals surface area contributed by atoms with Crippen LogP contribution in [0.5, 0.6) is 0 Å². The molecule has 1 N–H and O–H groups in total. The van der Waals surface area contributed by atoms with Crippen LogP contribution in [0.25, 0.3) is 0 Å². The van der Waals surface area contributed by atoms with Crippen LogP contribution in [0, 0.1) is 0 Å². The smallest absolute Gasteiger partial charge is 0.240 e. The van der Waals surface area contributed by atoms with Crippen LogP contribution in [0.2, 0.25) is 5.02 Å². The van der Waals surface area contributed by atoms with Gasteiger partial charge in [0.2, 0.25) is 5.91 Å². The molecule has 3 aromatic rings. The topological polar surface area (TPSA) is 42.1 Å². The van der Waals surface area contributed by atoms with Gasteiger partial charge in [0.05, 0.1) is 6.04 Å². The molecule has 0 radical (unpaired) electrons. The third-order valence-corrected chi connectivity index (χ3v) is 9.60. The molecule has 0 spiro atoms. The van der Waals surface area contributed by atoms with Gasteiger partial charge in [-0.3, -0.25) is 14.6 Å². The summed E-state index contributed by atoms with van der Waals surface area (Å²) < 4.78 is 0. The second-order valence-corrected chi connectivity index (χ2v) is 12.7. The molecule has 3 aliphatic rings. The molecule has 0 aromatic heterocycles. The maximum Gasteiger partial charge on any atom is 0.240 e. The van der Waals surface area contributed by atoms with Crippen molar-refractivity contribution in [1.29, 1.82) is 0 Å². The second kappa shape index (κ2) is 13.6.